The topological polar surface area (TPSA) is 40.5 Å². The van der Waals surface area contributed by atoms with Crippen LogP contribution in [0.5, 0.6) is 0 Å². The van der Waals surface area contributed by atoms with Gasteiger partial charge < -0.3 is 10.0 Å². The number of amides is 1. The Labute approximate surface area is 104 Å². The first kappa shape index (κ1) is 13.3. The lowest BCUT2D eigenvalue weighted by Crippen LogP contribution is -2.39. The van der Waals surface area contributed by atoms with Crippen LogP contribution in [0.2, 0.25) is 0 Å². The lowest BCUT2D eigenvalue weighted by molar-refractivity contribution is -0.130. The van der Waals surface area contributed by atoms with Gasteiger partial charge in [0, 0.05) is 18.3 Å². The average molecular weight is 296 g/mol. The van der Waals surface area contributed by atoms with Gasteiger partial charge in [0.1, 0.15) is 0 Å². The molecule has 1 heterocycles. The molecule has 88 valence electrons. The Morgan fingerprint density at radius 3 is 2.93 bits per heavy atom. The highest BCUT2D eigenvalue weighted by atomic mass is 79.9. The molecule has 1 aliphatic rings. The summed E-state index contributed by atoms with van der Waals surface area (Å²) in [4.78, 5) is 13.5. The van der Waals surface area contributed by atoms with Crippen LogP contribution in [0.3, 0.4) is 0 Å². The Balaban J connectivity index is 2.49. The molecule has 1 unspecified atom stereocenters. The number of alkyl halides is 1. The van der Waals surface area contributed by atoms with Crippen molar-refractivity contribution in [1.82, 2.24) is 4.90 Å². The van der Waals surface area contributed by atoms with Gasteiger partial charge in [-0.3, -0.25) is 4.79 Å². The van der Waals surface area contributed by atoms with Gasteiger partial charge >= 0.3 is 0 Å². The number of rotatable bonds is 6. The summed E-state index contributed by atoms with van der Waals surface area (Å²) >= 11 is 5.16. The van der Waals surface area contributed by atoms with E-state index in [1.54, 1.807) is 11.8 Å². The molecule has 5 heteroatoms. The zero-order chi connectivity index (χ0) is 11.3. The predicted octanol–water partition coefficient (Wildman–Crippen LogP) is 1.34. The number of likely N-dealkylation sites (tertiary alicyclic amines) is 1. The van der Waals surface area contributed by atoms with Crippen LogP contribution < -0.4 is 0 Å². The molecular formula is C10H18BrNO2S. The van der Waals surface area contributed by atoms with Crippen molar-refractivity contribution in [3.63, 3.8) is 0 Å². The molecule has 15 heavy (non-hydrogen) atoms. The van der Waals surface area contributed by atoms with E-state index in [9.17, 15) is 9.90 Å². The molecule has 0 aromatic carbocycles. The lowest BCUT2D eigenvalue weighted by atomic mass is 10.1. The van der Waals surface area contributed by atoms with Gasteiger partial charge in [-0.15, -0.1) is 0 Å². The summed E-state index contributed by atoms with van der Waals surface area (Å²) < 4.78 is 0. The highest BCUT2D eigenvalue weighted by molar-refractivity contribution is 9.09. The molecule has 1 fully saturated rings. The molecule has 1 rings (SSSR count). The first-order valence-corrected chi connectivity index (χ1v) is 7.69. The van der Waals surface area contributed by atoms with Crippen LogP contribution in [0.25, 0.3) is 0 Å². The van der Waals surface area contributed by atoms with Crippen molar-refractivity contribution in [2.45, 2.75) is 18.9 Å². The summed E-state index contributed by atoms with van der Waals surface area (Å²) in [5.74, 6) is 1.61. The van der Waals surface area contributed by atoms with E-state index in [1.165, 1.54) is 0 Å². The summed E-state index contributed by atoms with van der Waals surface area (Å²) in [6.07, 6.45) is 3.56. The fraction of sp³-hybridized carbons (Fsp3) is 0.900. The van der Waals surface area contributed by atoms with E-state index in [0.717, 1.165) is 24.0 Å². The molecule has 0 saturated carbocycles. The summed E-state index contributed by atoms with van der Waals surface area (Å²) in [5, 5.41) is 10.1. The quantitative estimate of drug-likeness (QED) is 0.752. The normalized spacial score (nSPS) is 23.5. The number of aliphatic hydroxyl groups is 1. The zero-order valence-electron chi connectivity index (χ0n) is 8.99. The molecule has 0 aliphatic carbocycles. The van der Waals surface area contributed by atoms with Crippen LogP contribution in [0.15, 0.2) is 0 Å². The summed E-state index contributed by atoms with van der Waals surface area (Å²) in [7, 11) is 0. The van der Waals surface area contributed by atoms with Gasteiger partial charge in [0.2, 0.25) is 5.91 Å². The number of hydrogen-bond donors (Lipinski definition) is 1. The first-order valence-electron chi connectivity index (χ1n) is 5.18. The Kier molecular flexibility index (Phi) is 6.00. The van der Waals surface area contributed by atoms with E-state index in [-0.39, 0.29) is 18.6 Å². The van der Waals surface area contributed by atoms with Gasteiger partial charge in [-0.05, 0) is 24.3 Å². The van der Waals surface area contributed by atoms with Crippen molar-refractivity contribution in [2.24, 2.45) is 5.92 Å². The third-order valence-corrected chi connectivity index (χ3v) is 4.32. The molecule has 1 saturated heterocycles. The van der Waals surface area contributed by atoms with Crippen LogP contribution in [0.4, 0.5) is 0 Å². The van der Waals surface area contributed by atoms with E-state index in [1.807, 2.05) is 11.2 Å². The number of aliphatic hydroxyl groups excluding tert-OH is 1. The van der Waals surface area contributed by atoms with Crippen LogP contribution in [0, 0.1) is 5.92 Å². The van der Waals surface area contributed by atoms with E-state index >= 15 is 0 Å². The van der Waals surface area contributed by atoms with Crippen molar-refractivity contribution in [3.8, 4) is 0 Å². The molecule has 0 radical (unpaired) electrons. The van der Waals surface area contributed by atoms with Crippen LogP contribution in [-0.2, 0) is 4.79 Å². The van der Waals surface area contributed by atoms with E-state index in [4.69, 9.17) is 0 Å². The molecule has 1 aliphatic heterocycles. The second-order valence-corrected chi connectivity index (χ2v) is 5.52. The predicted molar refractivity (Wildman–Crippen MR) is 67.5 cm³/mol. The monoisotopic (exact) mass is 295 g/mol. The maximum Gasteiger partial charge on any atom is 0.223 e. The molecule has 0 spiro atoms. The third kappa shape index (κ3) is 3.64. The Bertz CT molecular complexity index is 216. The van der Waals surface area contributed by atoms with Gasteiger partial charge in [-0.1, -0.05) is 15.9 Å². The first-order chi connectivity index (χ1) is 7.22. The summed E-state index contributed by atoms with van der Waals surface area (Å²) in [6.45, 7) is 0.880. The number of carbonyl (C=O) groups excluding carboxylic acids is 1. The van der Waals surface area contributed by atoms with Crippen molar-refractivity contribution >= 4 is 33.6 Å². The minimum atomic E-state index is 0.0222. The van der Waals surface area contributed by atoms with Gasteiger partial charge in [-0.25, -0.2) is 0 Å². The number of carbonyl (C=O) groups is 1. The molecule has 3 nitrogen and oxygen atoms in total. The fourth-order valence-corrected chi connectivity index (χ4v) is 2.81. The SMILES string of the molecule is CSCC[C@@H](CO)N1CC(CBr)CC1=O. The van der Waals surface area contributed by atoms with E-state index in [0.29, 0.717) is 12.3 Å². The summed E-state index contributed by atoms with van der Waals surface area (Å²) in [5.41, 5.74) is 0. The van der Waals surface area contributed by atoms with Gasteiger partial charge in [0.15, 0.2) is 0 Å². The lowest BCUT2D eigenvalue weighted by Gasteiger charge is -2.26. The maximum absolute atomic E-state index is 11.7. The fourth-order valence-electron chi connectivity index (χ4n) is 1.86. The van der Waals surface area contributed by atoms with Gasteiger partial charge in [0.05, 0.1) is 12.6 Å². The van der Waals surface area contributed by atoms with Gasteiger partial charge in [-0.2, -0.15) is 11.8 Å². The summed E-state index contributed by atoms with van der Waals surface area (Å²) in [6, 6.07) is 0.0222. The van der Waals surface area contributed by atoms with Crippen molar-refractivity contribution in [1.29, 1.82) is 0 Å². The molecule has 0 bridgehead atoms. The van der Waals surface area contributed by atoms with Crippen LogP contribution in [0.1, 0.15) is 12.8 Å². The van der Waals surface area contributed by atoms with Crippen LogP contribution >= 0.6 is 27.7 Å². The third-order valence-electron chi connectivity index (χ3n) is 2.76. The highest BCUT2D eigenvalue weighted by Crippen LogP contribution is 2.23. The molecule has 2 atom stereocenters. The highest BCUT2D eigenvalue weighted by Gasteiger charge is 2.32. The molecular weight excluding hydrogens is 278 g/mol. The number of hydrogen-bond acceptors (Lipinski definition) is 3. The molecule has 1 amide bonds. The average Bonchev–Trinajstić information content (AvgIpc) is 2.61. The van der Waals surface area contributed by atoms with Crippen molar-refractivity contribution in [3.05, 3.63) is 0 Å². The Hall–Kier alpha value is 0.260. The second kappa shape index (κ2) is 6.76. The zero-order valence-corrected chi connectivity index (χ0v) is 11.4. The number of thioether (sulfide) groups is 1. The molecule has 1 N–H and O–H groups in total. The minimum Gasteiger partial charge on any atom is -0.394 e. The van der Waals surface area contributed by atoms with Gasteiger partial charge in [0.25, 0.3) is 0 Å². The van der Waals surface area contributed by atoms with Crippen molar-refractivity contribution in [2.75, 3.05) is 30.5 Å². The molecule has 0 aromatic rings. The Morgan fingerprint density at radius 2 is 2.47 bits per heavy atom. The van der Waals surface area contributed by atoms with Crippen molar-refractivity contribution < 1.29 is 9.90 Å². The van der Waals surface area contributed by atoms with E-state index < -0.39 is 0 Å². The number of halogens is 1. The Morgan fingerprint density at radius 1 is 1.73 bits per heavy atom. The standard InChI is InChI=1S/C10H18BrNO2S/c1-15-3-2-9(7-13)12-6-8(5-11)4-10(12)14/h8-9,13H,2-7H2,1H3/t8?,9-/m0/s1. The molecule has 0 aromatic heterocycles. The van der Waals surface area contributed by atoms with Crippen LogP contribution in [-0.4, -0.2) is 52.4 Å². The number of nitrogens with zero attached hydrogens (tertiary/aromatic N) is 1. The second-order valence-electron chi connectivity index (χ2n) is 3.89. The van der Waals surface area contributed by atoms with E-state index in [2.05, 4.69) is 15.9 Å². The maximum atomic E-state index is 11.7. The largest absolute Gasteiger partial charge is 0.394 e. The smallest absolute Gasteiger partial charge is 0.223 e. The minimum absolute atomic E-state index is 0.0222.